The molecule has 2 saturated carbocycles. The molecule has 0 amide bonds. The van der Waals surface area contributed by atoms with Gasteiger partial charge in [-0.3, -0.25) is 0 Å². The lowest BCUT2D eigenvalue weighted by Gasteiger charge is -2.20. The maximum absolute atomic E-state index is 13.7. The van der Waals surface area contributed by atoms with E-state index in [9.17, 15) is 4.39 Å². The van der Waals surface area contributed by atoms with Gasteiger partial charge in [-0.1, -0.05) is 22.0 Å². The quantitative estimate of drug-likeness (QED) is 0.908. The van der Waals surface area contributed by atoms with Crippen LogP contribution < -0.4 is 5.73 Å². The van der Waals surface area contributed by atoms with Crippen molar-refractivity contribution in [3.63, 3.8) is 0 Å². The Labute approximate surface area is 110 Å². The molecule has 1 nitrogen and oxygen atoms in total. The van der Waals surface area contributed by atoms with Gasteiger partial charge in [0.25, 0.3) is 0 Å². The molecule has 17 heavy (non-hydrogen) atoms. The van der Waals surface area contributed by atoms with Gasteiger partial charge in [0, 0.05) is 10.5 Å². The smallest absolute Gasteiger partial charge is 0.127 e. The van der Waals surface area contributed by atoms with E-state index in [-0.39, 0.29) is 11.9 Å². The second-order valence-electron chi connectivity index (χ2n) is 5.59. The Morgan fingerprint density at radius 2 is 2.00 bits per heavy atom. The Balaban J connectivity index is 1.65. The largest absolute Gasteiger partial charge is 0.327 e. The van der Waals surface area contributed by atoms with Gasteiger partial charge in [0.05, 0.1) is 0 Å². The molecule has 2 aliphatic carbocycles. The van der Waals surface area contributed by atoms with Crippen LogP contribution in [0.25, 0.3) is 0 Å². The van der Waals surface area contributed by atoms with Crippen molar-refractivity contribution in [1.82, 2.24) is 0 Å². The van der Waals surface area contributed by atoms with Crippen LogP contribution in [0.1, 0.15) is 24.8 Å². The number of rotatable bonds is 3. The Morgan fingerprint density at radius 3 is 2.65 bits per heavy atom. The highest BCUT2D eigenvalue weighted by atomic mass is 79.9. The Kier molecular flexibility index (Phi) is 2.99. The van der Waals surface area contributed by atoms with E-state index in [4.69, 9.17) is 5.73 Å². The van der Waals surface area contributed by atoms with Crippen LogP contribution in [0.5, 0.6) is 0 Å². The van der Waals surface area contributed by atoms with Gasteiger partial charge in [0.1, 0.15) is 5.82 Å². The summed E-state index contributed by atoms with van der Waals surface area (Å²) in [4.78, 5) is 0. The third kappa shape index (κ3) is 2.41. The minimum Gasteiger partial charge on any atom is -0.327 e. The third-order valence-electron chi connectivity index (χ3n) is 4.36. The van der Waals surface area contributed by atoms with Gasteiger partial charge in [0.15, 0.2) is 0 Å². The maximum Gasteiger partial charge on any atom is 0.127 e. The summed E-state index contributed by atoms with van der Waals surface area (Å²) in [5, 5.41) is 0. The Morgan fingerprint density at radius 1 is 1.29 bits per heavy atom. The molecule has 0 saturated heterocycles. The molecule has 0 bridgehead atoms. The predicted octanol–water partition coefficient (Wildman–Crippen LogP) is 3.50. The Hall–Kier alpha value is -0.410. The second kappa shape index (κ2) is 4.36. The Bertz CT molecular complexity index is 424. The lowest BCUT2D eigenvalue weighted by atomic mass is 9.90. The molecular formula is C14H17BrFN. The van der Waals surface area contributed by atoms with Gasteiger partial charge < -0.3 is 5.73 Å². The van der Waals surface area contributed by atoms with Crippen molar-refractivity contribution in [3.8, 4) is 0 Å². The third-order valence-corrected chi connectivity index (χ3v) is 4.85. The molecule has 3 unspecified atom stereocenters. The lowest BCUT2D eigenvalue weighted by Crippen LogP contribution is -2.31. The number of hydrogen-bond acceptors (Lipinski definition) is 1. The number of benzene rings is 1. The molecule has 0 aromatic heterocycles. The molecule has 0 aliphatic heterocycles. The molecule has 0 heterocycles. The fourth-order valence-corrected chi connectivity index (χ4v) is 3.55. The second-order valence-corrected chi connectivity index (χ2v) is 6.51. The van der Waals surface area contributed by atoms with Crippen molar-refractivity contribution in [2.45, 2.75) is 31.7 Å². The van der Waals surface area contributed by atoms with Crippen LogP contribution >= 0.6 is 15.9 Å². The molecule has 2 aliphatic rings. The van der Waals surface area contributed by atoms with Gasteiger partial charge >= 0.3 is 0 Å². The van der Waals surface area contributed by atoms with E-state index in [0.717, 1.165) is 21.9 Å². The molecule has 0 radical (unpaired) electrons. The summed E-state index contributed by atoms with van der Waals surface area (Å²) in [5.41, 5.74) is 6.97. The molecule has 3 rings (SSSR count). The molecule has 3 atom stereocenters. The summed E-state index contributed by atoms with van der Waals surface area (Å²) in [5.74, 6) is 2.36. The number of halogens is 2. The maximum atomic E-state index is 13.7. The minimum absolute atomic E-state index is 0.124. The zero-order valence-corrected chi connectivity index (χ0v) is 11.3. The molecule has 0 spiro atoms. The molecular weight excluding hydrogens is 281 g/mol. The van der Waals surface area contributed by atoms with E-state index < -0.39 is 0 Å². The lowest BCUT2D eigenvalue weighted by molar-refractivity contribution is 0.389. The van der Waals surface area contributed by atoms with Gasteiger partial charge in [-0.15, -0.1) is 0 Å². The fourth-order valence-electron chi connectivity index (χ4n) is 3.22. The van der Waals surface area contributed by atoms with Gasteiger partial charge in [0.2, 0.25) is 0 Å². The van der Waals surface area contributed by atoms with Gasteiger partial charge in [-0.2, -0.15) is 0 Å². The summed E-state index contributed by atoms with van der Waals surface area (Å²) in [7, 11) is 0. The van der Waals surface area contributed by atoms with E-state index in [1.807, 2.05) is 12.1 Å². The number of hydrogen-bond donors (Lipinski definition) is 1. The first-order chi connectivity index (χ1) is 8.13. The zero-order chi connectivity index (χ0) is 12.0. The topological polar surface area (TPSA) is 26.0 Å². The van der Waals surface area contributed by atoms with Crippen LogP contribution in [0.15, 0.2) is 22.7 Å². The van der Waals surface area contributed by atoms with Crippen molar-refractivity contribution in [3.05, 3.63) is 34.1 Å². The highest BCUT2D eigenvalue weighted by Gasteiger charge is 2.47. The first-order valence-electron chi connectivity index (χ1n) is 6.33. The SMILES string of the molecule is NC(Cc1ccc(Br)cc1F)C1CC2CC2C1. The summed E-state index contributed by atoms with van der Waals surface area (Å²) in [6, 6.07) is 5.37. The number of nitrogens with two attached hydrogens (primary N) is 1. The molecule has 1 aromatic rings. The van der Waals surface area contributed by atoms with Gasteiger partial charge in [-0.05, 0) is 61.1 Å². The van der Waals surface area contributed by atoms with E-state index >= 15 is 0 Å². The van der Waals surface area contributed by atoms with Crippen LogP contribution in [-0.2, 0) is 6.42 Å². The van der Waals surface area contributed by atoms with E-state index in [1.54, 1.807) is 0 Å². The molecule has 1 aromatic carbocycles. The monoisotopic (exact) mass is 297 g/mol. The average Bonchev–Trinajstić information content (AvgIpc) is 2.89. The van der Waals surface area contributed by atoms with Crippen molar-refractivity contribution in [2.24, 2.45) is 23.5 Å². The standard InChI is InChI=1S/C14H17BrFN/c15-12-2-1-8(13(16)7-12)6-14(17)11-4-9-3-10(9)5-11/h1-2,7,9-11,14H,3-6,17H2. The summed E-state index contributed by atoms with van der Waals surface area (Å²) in [6.45, 7) is 0. The van der Waals surface area contributed by atoms with Crippen LogP contribution in [0, 0.1) is 23.6 Å². The van der Waals surface area contributed by atoms with Crippen LogP contribution in [0.4, 0.5) is 4.39 Å². The van der Waals surface area contributed by atoms with Crippen LogP contribution in [0.2, 0.25) is 0 Å². The van der Waals surface area contributed by atoms with E-state index in [2.05, 4.69) is 15.9 Å². The fraction of sp³-hybridized carbons (Fsp3) is 0.571. The average molecular weight is 298 g/mol. The highest BCUT2D eigenvalue weighted by molar-refractivity contribution is 9.10. The van der Waals surface area contributed by atoms with Crippen LogP contribution in [-0.4, -0.2) is 6.04 Å². The molecule has 92 valence electrons. The van der Waals surface area contributed by atoms with E-state index in [0.29, 0.717) is 12.3 Å². The molecule has 2 N–H and O–H groups in total. The van der Waals surface area contributed by atoms with Crippen molar-refractivity contribution in [1.29, 1.82) is 0 Å². The summed E-state index contributed by atoms with van der Waals surface area (Å²) >= 11 is 3.27. The van der Waals surface area contributed by atoms with Crippen molar-refractivity contribution >= 4 is 15.9 Å². The normalized spacial score (nSPS) is 32.3. The first-order valence-corrected chi connectivity index (χ1v) is 7.12. The summed E-state index contributed by atoms with van der Waals surface area (Å²) in [6.07, 6.45) is 4.62. The number of fused-ring (bicyclic) bond motifs is 1. The summed E-state index contributed by atoms with van der Waals surface area (Å²) < 4.78 is 14.5. The molecule has 3 heteroatoms. The molecule has 2 fully saturated rings. The van der Waals surface area contributed by atoms with Crippen molar-refractivity contribution < 1.29 is 4.39 Å². The predicted molar refractivity (Wildman–Crippen MR) is 70.1 cm³/mol. The minimum atomic E-state index is -0.141. The first kappa shape index (κ1) is 11.7. The van der Waals surface area contributed by atoms with Crippen molar-refractivity contribution in [2.75, 3.05) is 0 Å². The highest BCUT2D eigenvalue weighted by Crippen LogP contribution is 2.55. The van der Waals surface area contributed by atoms with Gasteiger partial charge in [-0.25, -0.2) is 4.39 Å². The van der Waals surface area contributed by atoms with E-state index in [1.165, 1.54) is 25.3 Å². The van der Waals surface area contributed by atoms with Crippen LogP contribution in [0.3, 0.4) is 0 Å². The zero-order valence-electron chi connectivity index (χ0n) is 9.70.